The lowest BCUT2D eigenvalue weighted by atomic mass is 9.50. The molecule has 0 bridgehead atoms. The van der Waals surface area contributed by atoms with E-state index in [1.54, 1.807) is 0 Å². The first kappa shape index (κ1) is 21.6. The highest BCUT2D eigenvalue weighted by Crippen LogP contribution is 2.64. The topological polar surface area (TPSA) is 46.6 Å². The van der Waals surface area contributed by atoms with Gasteiger partial charge in [0.05, 0.1) is 6.61 Å². The molecule has 4 heteroatoms. The highest BCUT2D eigenvalue weighted by molar-refractivity contribution is 5.91. The maximum Gasteiger partial charge on any atom is 0.354 e. The molecule has 5 aliphatic rings. The van der Waals surface area contributed by atoms with E-state index in [9.17, 15) is 9.59 Å². The third kappa shape index (κ3) is 3.54. The average Bonchev–Trinajstić information content (AvgIpc) is 3.17. The number of hydrogen-bond donors (Lipinski definition) is 0. The molecular weight excluding hydrogens is 398 g/mol. The molecular formula is C28H35NO3. The summed E-state index contributed by atoms with van der Waals surface area (Å²) in [6, 6.07) is 0. The normalized spacial score (nSPS) is 38.1. The predicted molar refractivity (Wildman–Crippen MR) is 124 cm³/mol. The maximum atomic E-state index is 12.7. The van der Waals surface area contributed by atoms with E-state index >= 15 is 0 Å². The molecule has 0 aromatic carbocycles. The van der Waals surface area contributed by atoms with E-state index in [1.165, 1.54) is 24.8 Å². The van der Waals surface area contributed by atoms with Gasteiger partial charge in [-0.15, -0.1) is 12.3 Å². The fourth-order valence-corrected chi connectivity index (χ4v) is 7.98. The van der Waals surface area contributed by atoms with Crippen molar-refractivity contribution in [2.75, 3.05) is 13.7 Å². The van der Waals surface area contributed by atoms with Gasteiger partial charge in [0.2, 0.25) is 0 Å². The Morgan fingerprint density at radius 3 is 2.91 bits per heavy atom. The Balaban J connectivity index is 1.30. The standard InChI is InChI=1S/C28H35NO3/c1-3-20-8-12-25-24-10-7-19-18-21(30)9-11-22(19)23(24)13-14-28(20,25)15-17-32-27(31)26-6-4-5-16-29(26)2/h1,5-6,16,18,20,22-25H,4,7-15,17H2,2H3/t20-,22-,23+,24+,25-,28-/m0/s1. The van der Waals surface area contributed by atoms with Crippen LogP contribution in [0.5, 0.6) is 0 Å². The number of ether oxygens (including phenoxy) is 1. The second-order valence-electron chi connectivity index (χ2n) is 10.6. The first-order valence-corrected chi connectivity index (χ1v) is 12.5. The van der Waals surface area contributed by atoms with Crippen molar-refractivity contribution in [2.45, 2.75) is 64.2 Å². The van der Waals surface area contributed by atoms with Crippen LogP contribution in [0.15, 0.2) is 35.7 Å². The van der Waals surface area contributed by atoms with E-state index < -0.39 is 0 Å². The summed E-state index contributed by atoms with van der Waals surface area (Å²) in [5, 5.41) is 0. The summed E-state index contributed by atoms with van der Waals surface area (Å²) >= 11 is 0. The largest absolute Gasteiger partial charge is 0.461 e. The number of hydrogen-bond acceptors (Lipinski definition) is 4. The average molecular weight is 434 g/mol. The molecule has 0 aromatic rings. The van der Waals surface area contributed by atoms with Gasteiger partial charge in [0.25, 0.3) is 0 Å². The lowest BCUT2D eigenvalue weighted by Gasteiger charge is -2.54. The number of terminal acetylenes is 1. The van der Waals surface area contributed by atoms with Crippen molar-refractivity contribution < 1.29 is 14.3 Å². The fraction of sp³-hybridized carbons (Fsp3) is 0.643. The number of fused-ring (bicyclic) bond motifs is 5. The van der Waals surface area contributed by atoms with Gasteiger partial charge >= 0.3 is 5.97 Å². The van der Waals surface area contributed by atoms with Crippen molar-refractivity contribution in [3.05, 3.63) is 35.7 Å². The number of carbonyl (C=O) groups is 2. The van der Waals surface area contributed by atoms with E-state index in [2.05, 4.69) is 5.92 Å². The van der Waals surface area contributed by atoms with Gasteiger partial charge < -0.3 is 9.64 Å². The number of allylic oxidation sites excluding steroid dienone is 3. The number of likely N-dealkylation sites (N-methyl/N-ethyl adjacent to an activating group) is 1. The highest BCUT2D eigenvalue weighted by Gasteiger charge is 2.57. The van der Waals surface area contributed by atoms with Crippen LogP contribution < -0.4 is 0 Å². The van der Waals surface area contributed by atoms with Gasteiger partial charge in [-0.1, -0.05) is 11.6 Å². The van der Waals surface area contributed by atoms with Gasteiger partial charge in [-0.25, -0.2) is 4.79 Å². The summed E-state index contributed by atoms with van der Waals surface area (Å²) in [5.74, 6) is 6.16. The van der Waals surface area contributed by atoms with Crippen LogP contribution in [-0.4, -0.2) is 30.3 Å². The molecule has 0 amide bonds. The van der Waals surface area contributed by atoms with Crippen LogP contribution in [0.1, 0.15) is 64.2 Å². The molecule has 0 saturated heterocycles. The summed E-state index contributed by atoms with van der Waals surface area (Å²) in [5.41, 5.74) is 2.16. The van der Waals surface area contributed by atoms with Crippen LogP contribution in [0, 0.1) is 47.3 Å². The fourth-order valence-electron chi connectivity index (χ4n) is 7.98. The third-order valence-corrected chi connectivity index (χ3v) is 9.38. The maximum absolute atomic E-state index is 12.7. The van der Waals surface area contributed by atoms with E-state index in [0.717, 1.165) is 44.9 Å². The van der Waals surface area contributed by atoms with Crippen molar-refractivity contribution >= 4 is 11.8 Å². The zero-order chi connectivity index (χ0) is 22.3. The number of carbonyl (C=O) groups excluding carboxylic acids is 2. The molecule has 3 fully saturated rings. The summed E-state index contributed by atoms with van der Waals surface area (Å²) in [7, 11) is 1.88. The van der Waals surface area contributed by atoms with Crippen molar-refractivity contribution in [3.63, 3.8) is 0 Å². The van der Waals surface area contributed by atoms with Crippen LogP contribution in [0.3, 0.4) is 0 Å². The number of esters is 1. The van der Waals surface area contributed by atoms with Crippen LogP contribution in [0.2, 0.25) is 0 Å². The second kappa shape index (κ2) is 8.58. The van der Waals surface area contributed by atoms with E-state index in [-0.39, 0.29) is 17.3 Å². The Labute approximate surface area is 192 Å². The van der Waals surface area contributed by atoms with Crippen molar-refractivity contribution in [1.82, 2.24) is 4.90 Å². The summed E-state index contributed by atoms with van der Waals surface area (Å²) < 4.78 is 5.79. The quantitative estimate of drug-likeness (QED) is 0.461. The van der Waals surface area contributed by atoms with Gasteiger partial charge in [-0.3, -0.25) is 4.79 Å². The molecule has 0 N–H and O–H groups in total. The van der Waals surface area contributed by atoms with Gasteiger partial charge in [-0.2, -0.15) is 0 Å². The Hall–Kier alpha value is -2.28. The number of rotatable bonds is 4. The van der Waals surface area contributed by atoms with Crippen LogP contribution >= 0.6 is 0 Å². The van der Waals surface area contributed by atoms with Crippen LogP contribution in [-0.2, 0) is 14.3 Å². The molecule has 3 saturated carbocycles. The van der Waals surface area contributed by atoms with Crippen LogP contribution in [0.4, 0.5) is 0 Å². The molecule has 4 nitrogen and oxygen atoms in total. The predicted octanol–water partition coefficient (Wildman–Crippen LogP) is 5.02. The summed E-state index contributed by atoms with van der Waals surface area (Å²) in [6.07, 6.45) is 24.2. The molecule has 6 atom stereocenters. The molecule has 4 aliphatic carbocycles. The summed E-state index contributed by atoms with van der Waals surface area (Å²) in [4.78, 5) is 26.4. The second-order valence-corrected chi connectivity index (χ2v) is 10.6. The Kier molecular flexibility index (Phi) is 5.78. The minimum absolute atomic E-state index is 0.106. The van der Waals surface area contributed by atoms with Crippen LogP contribution in [0.25, 0.3) is 0 Å². The van der Waals surface area contributed by atoms with Crippen molar-refractivity contribution in [1.29, 1.82) is 0 Å². The Morgan fingerprint density at radius 2 is 2.09 bits per heavy atom. The van der Waals surface area contributed by atoms with E-state index in [4.69, 9.17) is 11.2 Å². The number of nitrogens with zero attached hydrogens (tertiary/aromatic N) is 1. The van der Waals surface area contributed by atoms with E-state index in [1.807, 2.05) is 36.4 Å². The Bertz CT molecular complexity index is 921. The lowest BCUT2D eigenvalue weighted by Crippen LogP contribution is -2.48. The monoisotopic (exact) mass is 433 g/mol. The van der Waals surface area contributed by atoms with Gasteiger partial charge in [0.1, 0.15) is 5.70 Å². The molecule has 5 rings (SSSR count). The van der Waals surface area contributed by atoms with E-state index in [0.29, 0.717) is 41.8 Å². The van der Waals surface area contributed by atoms with Gasteiger partial charge in [-0.05, 0) is 99.0 Å². The van der Waals surface area contributed by atoms with Crippen molar-refractivity contribution in [3.8, 4) is 12.3 Å². The Morgan fingerprint density at radius 1 is 1.22 bits per heavy atom. The smallest absolute Gasteiger partial charge is 0.354 e. The first-order chi connectivity index (χ1) is 15.5. The molecule has 1 aliphatic heterocycles. The molecule has 0 unspecified atom stereocenters. The first-order valence-electron chi connectivity index (χ1n) is 12.5. The zero-order valence-electron chi connectivity index (χ0n) is 19.2. The molecule has 0 spiro atoms. The SMILES string of the molecule is C#C[C@H]1CC[C@H]2[C@@H]3CCC4=CC(=O)CC[C@@H]4[C@H]3CC[C@]12CCOC(=O)C1=CCC=CN1C. The lowest BCUT2D eigenvalue weighted by molar-refractivity contribution is -0.142. The van der Waals surface area contributed by atoms with Gasteiger partial charge in [0, 0.05) is 25.6 Å². The van der Waals surface area contributed by atoms with Gasteiger partial charge in [0.15, 0.2) is 5.78 Å². The minimum atomic E-state index is -0.229. The zero-order valence-corrected chi connectivity index (χ0v) is 19.2. The molecule has 170 valence electrons. The molecule has 32 heavy (non-hydrogen) atoms. The molecule has 0 aromatic heterocycles. The number of ketones is 1. The van der Waals surface area contributed by atoms with Crippen molar-refractivity contribution in [2.24, 2.45) is 35.0 Å². The third-order valence-electron chi connectivity index (χ3n) is 9.38. The minimum Gasteiger partial charge on any atom is -0.461 e. The molecule has 0 radical (unpaired) electrons. The highest BCUT2D eigenvalue weighted by atomic mass is 16.5. The summed E-state index contributed by atoms with van der Waals surface area (Å²) in [6.45, 7) is 0.447. The molecule has 1 heterocycles.